The maximum Gasteiger partial charge on any atom is 0.247 e. The number of benzene rings is 6. The summed E-state index contributed by atoms with van der Waals surface area (Å²) in [6, 6.07) is 48.6. The molecule has 4 fully saturated rings. The molecule has 101 heavy (non-hydrogen) atoms. The number of pyridine rings is 3. The lowest BCUT2D eigenvalue weighted by Crippen LogP contribution is -2.44. The van der Waals surface area contributed by atoms with Crippen molar-refractivity contribution in [3.05, 3.63) is 220 Å². The number of carbonyl (C=O) groups excluding carboxylic acids is 6. The van der Waals surface area contributed by atoms with Crippen LogP contribution in [0.3, 0.4) is 0 Å². The molecular weight excluding hydrogens is 1310 g/mol. The highest BCUT2D eigenvalue weighted by Crippen LogP contribution is 2.57. The van der Waals surface area contributed by atoms with E-state index < -0.39 is 63.4 Å². The molecule has 5 heterocycles. The minimum absolute atomic E-state index is 0.0827. The number of ether oxygens (including phenoxy) is 3. The number of rotatable bonds is 21. The lowest BCUT2D eigenvalue weighted by Gasteiger charge is -2.33. The monoisotopic (exact) mass is 1390 g/mol. The number of nitrogens with two attached hydrogens (primary N) is 1. The average Bonchev–Trinajstić information content (AvgIpc) is 1.57. The zero-order chi connectivity index (χ0) is 71.2. The number of piperazine rings is 1. The van der Waals surface area contributed by atoms with Gasteiger partial charge in [-0.2, -0.15) is 0 Å². The molecule has 10 aromatic rings. The number of aromatic nitrogens is 4. The van der Waals surface area contributed by atoms with Crippen molar-refractivity contribution in [3.63, 3.8) is 0 Å². The lowest BCUT2D eigenvalue weighted by molar-refractivity contribution is -0.134. The van der Waals surface area contributed by atoms with Crippen molar-refractivity contribution >= 4 is 90.4 Å². The van der Waals surface area contributed by atoms with Gasteiger partial charge in [0.15, 0.2) is 16.7 Å². The van der Waals surface area contributed by atoms with Gasteiger partial charge in [0.1, 0.15) is 37.1 Å². The Kier molecular flexibility index (Phi) is 20.6. The van der Waals surface area contributed by atoms with E-state index in [1.165, 1.54) is 30.5 Å². The quantitative estimate of drug-likeness (QED) is 0.0239. The Balaban J connectivity index is 0.000000144. The molecule has 0 unspecified atom stereocenters. The molecule has 3 saturated carbocycles. The number of hydroxylamine groups is 3. The number of hydrogen-bond donors (Lipinski definition) is 9. The topological polar surface area (TPSA) is 335 Å². The Morgan fingerprint density at radius 3 is 1.77 bits per heavy atom. The largest absolute Gasteiger partial charge is 0.489 e. The smallest absolute Gasteiger partial charge is 0.247 e. The molecule has 6 atom stereocenters. The Labute approximate surface area is 584 Å². The minimum atomic E-state index is -1.13. The highest BCUT2D eigenvalue weighted by molar-refractivity contribution is 7.13. The fraction of sp³-hybridized carbons (Fsp3) is 0.280. The molecule has 14 rings (SSSR count). The number of hydrogen-bond acceptors (Lipinski definition) is 19. The van der Waals surface area contributed by atoms with Crippen LogP contribution in [-0.4, -0.2) is 116 Å². The summed E-state index contributed by atoms with van der Waals surface area (Å²) >= 11 is 1.30. The van der Waals surface area contributed by atoms with Crippen molar-refractivity contribution in [3.8, 4) is 17.2 Å². The first-order valence-corrected chi connectivity index (χ1v) is 33.6. The molecule has 3 aliphatic carbocycles. The van der Waals surface area contributed by atoms with E-state index in [9.17, 15) is 28.8 Å². The molecule has 6 aromatic carbocycles. The van der Waals surface area contributed by atoms with E-state index in [1.54, 1.807) is 52.3 Å². The molecular formula is C75H75FN12O12S. The van der Waals surface area contributed by atoms with Crippen LogP contribution in [0.2, 0.25) is 0 Å². The number of carbonyl (C=O) groups is 6. The van der Waals surface area contributed by atoms with Crippen molar-refractivity contribution in [1.29, 1.82) is 0 Å². The third-order valence-corrected chi connectivity index (χ3v) is 20.0. The van der Waals surface area contributed by atoms with E-state index in [0.29, 0.717) is 40.6 Å². The standard InChI is InChI=1S/C27H30FN5O4.C25H22N4O4S.C23H23N3O4/c1-32-8-10-33(11-9-32)24-13-18(19-4-2-3-5-22(19)30-24)16-37-23-7-6-17(12-21(23)28)14-27(26(29)35)15-20(27)25(34)31-36;1-15-11-21(18-7-2-3-8-20(18)27-15)33-14-16-5-4-6-17(12-16)25(13-19(25)22(30)29-32)23(31)28-24-26-9-10-34-24;1-14-10-15(18-8-3-4-9-20(18)25-14)13-30-17-7-5-6-16(11-17)23(22(28)24-2)12-19(23)21(27)26-29/h2-7,12-13,20,36H,8-11,14-16H2,1H3,(H2,29,35)(H,31,34);2-12,19,32H,13-14H2,1H3,(H,29,30)(H,26,28,31);3-11,19,29H,12-13H2,1-2H3,(H,24,28)(H,26,27)/t20-,27+;19-,25-;19-,23-/m100/s1. The van der Waals surface area contributed by atoms with E-state index >= 15 is 4.39 Å². The van der Waals surface area contributed by atoms with Gasteiger partial charge in [-0.25, -0.2) is 30.8 Å². The second kappa shape index (κ2) is 29.8. The first-order chi connectivity index (χ1) is 48.8. The summed E-state index contributed by atoms with van der Waals surface area (Å²) < 4.78 is 33.1. The number of amides is 6. The number of primary amides is 1. The van der Waals surface area contributed by atoms with Crippen LogP contribution in [0, 0.1) is 42.8 Å². The van der Waals surface area contributed by atoms with Gasteiger partial charge in [-0.15, -0.1) is 11.3 Å². The summed E-state index contributed by atoms with van der Waals surface area (Å²) in [4.78, 5) is 96.4. The zero-order valence-electron chi connectivity index (χ0n) is 55.7. The van der Waals surface area contributed by atoms with Crippen LogP contribution in [0.5, 0.6) is 17.2 Å². The van der Waals surface area contributed by atoms with Gasteiger partial charge in [0.05, 0.1) is 50.5 Å². The summed E-state index contributed by atoms with van der Waals surface area (Å²) in [5.74, 6) is -3.37. The lowest BCUT2D eigenvalue weighted by atomic mass is 9.90. The van der Waals surface area contributed by atoms with Crippen molar-refractivity contribution in [2.75, 3.05) is 50.5 Å². The first-order valence-electron chi connectivity index (χ1n) is 32.8. The molecule has 520 valence electrons. The van der Waals surface area contributed by atoms with Crippen LogP contribution >= 0.6 is 11.3 Å². The van der Waals surface area contributed by atoms with Gasteiger partial charge in [0.25, 0.3) is 0 Å². The molecule has 10 N–H and O–H groups in total. The number of likely N-dealkylation sites (N-methyl/N-ethyl adjacent to an activating group) is 2. The van der Waals surface area contributed by atoms with Crippen LogP contribution in [0.15, 0.2) is 169 Å². The van der Waals surface area contributed by atoms with Gasteiger partial charge < -0.3 is 40.4 Å². The predicted octanol–water partition coefficient (Wildman–Crippen LogP) is 8.86. The number of nitrogens with zero attached hydrogens (tertiary/aromatic N) is 6. The van der Waals surface area contributed by atoms with Gasteiger partial charge in [-0.05, 0) is 129 Å². The third-order valence-electron chi connectivity index (χ3n) is 19.3. The maximum atomic E-state index is 15.0. The maximum absolute atomic E-state index is 15.0. The zero-order valence-corrected chi connectivity index (χ0v) is 56.6. The highest BCUT2D eigenvalue weighted by Gasteiger charge is 2.66. The fourth-order valence-electron chi connectivity index (χ4n) is 13.6. The van der Waals surface area contributed by atoms with E-state index in [-0.39, 0.29) is 50.0 Å². The van der Waals surface area contributed by atoms with Crippen molar-refractivity contribution in [2.45, 2.75) is 70.2 Å². The highest BCUT2D eigenvalue weighted by atomic mass is 32.1. The number of para-hydroxylation sites is 3. The molecule has 26 heteroatoms. The number of fused-ring (bicyclic) bond motifs is 3. The van der Waals surface area contributed by atoms with Crippen molar-refractivity contribution in [2.24, 2.45) is 28.9 Å². The fourth-order valence-corrected chi connectivity index (χ4v) is 14.1. The first kappa shape index (κ1) is 69.9. The van der Waals surface area contributed by atoms with Crippen LogP contribution in [0.4, 0.5) is 15.3 Å². The number of nitrogens with one attached hydrogen (secondary N) is 5. The van der Waals surface area contributed by atoms with Gasteiger partial charge in [0, 0.05) is 89.5 Å². The number of thiazole rings is 1. The number of aryl methyl sites for hydroxylation is 2. The Morgan fingerprint density at radius 1 is 0.584 bits per heavy atom. The van der Waals surface area contributed by atoms with Gasteiger partial charge in [-0.3, -0.25) is 54.4 Å². The number of anilines is 2. The summed E-state index contributed by atoms with van der Waals surface area (Å²) in [6.07, 6.45) is 2.52. The van der Waals surface area contributed by atoms with E-state index in [0.717, 1.165) is 98.5 Å². The molecule has 0 bridgehead atoms. The molecule has 0 spiro atoms. The third kappa shape index (κ3) is 14.8. The van der Waals surface area contributed by atoms with Gasteiger partial charge in [-0.1, -0.05) is 91.0 Å². The molecule has 6 amide bonds. The van der Waals surface area contributed by atoms with Gasteiger partial charge >= 0.3 is 0 Å². The van der Waals surface area contributed by atoms with Crippen molar-refractivity contribution < 1.29 is 63.0 Å². The molecule has 1 aliphatic heterocycles. The Morgan fingerprint density at radius 2 is 1.15 bits per heavy atom. The molecule has 4 aliphatic rings. The average molecular weight is 1390 g/mol. The summed E-state index contributed by atoms with van der Waals surface area (Å²) in [5.41, 5.74) is 16.3. The molecule has 24 nitrogen and oxygen atoms in total. The minimum Gasteiger partial charge on any atom is -0.489 e. The summed E-state index contributed by atoms with van der Waals surface area (Å²) in [7, 11) is 3.64. The van der Waals surface area contributed by atoms with Crippen LogP contribution in [-0.2, 0) is 65.8 Å². The summed E-state index contributed by atoms with van der Waals surface area (Å²) in [5, 5.41) is 37.6. The van der Waals surface area contributed by atoms with Gasteiger partial charge in [0.2, 0.25) is 35.4 Å². The molecule has 0 radical (unpaired) electrons. The normalized spacial score (nSPS) is 20.2. The van der Waals surface area contributed by atoms with E-state index in [1.807, 2.05) is 135 Å². The van der Waals surface area contributed by atoms with Crippen LogP contribution in [0.1, 0.15) is 64.0 Å². The number of halogens is 1. The van der Waals surface area contributed by atoms with Crippen LogP contribution in [0.25, 0.3) is 32.7 Å². The van der Waals surface area contributed by atoms with E-state index in [4.69, 9.17) is 40.5 Å². The summed E-state index contributed by atoms with van der Waals surface area (Å²) in [6.45, 7) is 8.33. The van der Waals surface area contributed by atoms with E-state index in [2.05, 4.69) is 42.4 Å². The Bertz CT molecular complexity index is 4790. The molecule has 4 aromatic heterocycles. The second-order valence-electron chi connectivity index (χ2n) is 25.7. The predicted molar refractivity (Wildman–Crippen MR) is 374 cm³/mol. The van der Waals surface area contributed by atoms with Crippen LogP contribution < -0.4 is 51.9 Å². The SMILES string of the molecule is CN1CCN(c2cc(COc3ccc(C[C@]4(C(N)=O)C[C@@H]4C(=O)NO)cc3F)c3ccccc3n2)CC1.CNC(=O)[C@]1(c2cccc(OCc3cc(C)nc4ccccc34)c2)C[C@H]1C(=O)NO.Cc1cc(OCc2cccc([C@@]3(C(=O)Nc4nccs4)C[C@H]3C(=O)NO)c2)c2ccccc2n1. The Hall–Kier alpha value is -11.0. The second-order valence-corrected chi connectivity index (χ2v) is 26.6. The van der Waals surface area contributed by atoms with Crippen molar-refractivity contribution in [1.82, 2.24) is 46.6 Å². The molecule has 1 saturated heterocycles.